The van der Waals surface area contributed by atoms with Crippen molar-refractivity contribution in [2.45, 2.75) is 26.4 Å². The first kappa shape index (κ1) is 15.3. The van der Waals surface area contributed by atoms with Gasteiger partial charge in [0.15, 0.2) is 0 Å². The molecular weight excluding hydrogens is 274 g/mol. The third-order valence-electron chi connectivity index (χ3n) is 4.06. The molecule has 0 bridgehead atoms. The van der Waals surface area contributed by atoms with Crippen LogP contribution in [0.5, 0.6) is 0 Å². The first-order chi connectivity index (χ1) is 9.47. The number of hydrogen-bond acceptors (Lipinski definition) is 3. The van der Waals surface area contributed by atoms with E-state index in [1.165, 1.54) is 11.1 Å². The van der Waals surface area contributed by atoms with Crippen molar-refractivity contribution in [2.75, 3.05) is 26.2 Å². The van der Waals surface area contributed by atoms with Gasteiger partial charge in [-0.05, 0) is 37.1 Å². The molecule has 1 amide bonds. The van der Waals surface area contributed by atoms with Gasteiger partial charge in [0, 0.05) is 37.7 Å². The highest BCUT2D eigenvalue weighted by atomic mass is 35.5. The Bertz CT molecular complexity index is 484. The van der Waals surface area contributed by atoms with Crippen molar-refractivity contribution in [3.05, 3.63) is 34.3 Å². The van der Waals surface area contributed by atoms with Crippen LogP contribution >= 0.6 is 11.6 Å². The number of primary amides is 1. The summed E-state index contributed by atoms with van der Waals surface area (Å²) in [6.45, 7) is 8.59. The van der Waals surface area contributed by atoms with Crippen molar-refractivity contribution in [2.24, 2.45) is 5.73 Å². The van der Waals surface area contributed by atoms with E-state index in [1.54, 1.807) is 0 Å². The summed E-state index contributed by atoms with van der Waals surface area (Å²) in [6, 6.07) is 5.86. The smallest absolute Gasteiger partial charge is 0.234 e. The molecule has 0 radical (unpaired) electrons. The van der Waals surface area contributed by atoms with Gasteiger partial charge in [0.25, 0.3) is 0 Å². The summed E-state index contributed by atoms with van der Waals surface area (Å²) < 4.78 is 0. The second kappa shape index (κ2) is 6.57. The summed E-state index contributed by atoms with van der Waals surface area (Å²) in [5.41, 5.74) is 7.89. The van der Waals surface area contributed by atoms with Crippen LogP contribution in [0.1, 0.15) is 18.1 Å². The molecule has 1 fully saturated rings. The van der Waals surface area contributed by atoms with E-state index in [9.17, 15) is 4.79 Å². The zero-order chi connectivity index (χ0) is 14.7. The molecule has 20 heavy (non-hydrogen) atoms. The van der Waals surface area contributed by atoms with E-state index < -0.39 is 0 Å². The Morgan fingerprint density at radius 2 is 2.00 bits per heavy atom. The van der Waals surface area contributed by atoms with Gasteiger partial charge in [0.2, 0.25) is 5.91 Å². The van der Waals surface area contributed by atoms with E-state index in [4.69, 9.17) is 17.3 Å². The average molecular weight is 296 g/mol. The van der Waals surface area contributed by atoms with Crippen LogP contribution < -0.4 is 5.73 Å². The predicted octanol–water partition coefficient (Wildman–Crippen LogP) is 1.64. The van der Waals surface area contributed by atoms with E-state index in [0.29, 0.717) is 0 Å². The quantitative estimate of drug-likeness (QED) is 0.919. The van der Waals surface area contributed by atoms with Gasteiger partial charge in [0.05, 0.1) is 6.04 Å². The first-order valence-electron chi connectivity index (χ1n) is 6.98. The van der Waals surface area contributed by atoms with Crippen molar-refractivity contribution in [1.29, 1.82) is 0 Å². The van der Waals surface area contributed by atoms with Crippen molar-refractivity contribution < 1.29 is 4.79 Å². The number of piperazine rings is 1. The molecule has 0 unspecified atom stereocenters. The zero-order valence-corrected chi connectivity index (χ0v) is 12.9. The number of nitrogens with two attached hydrogens (primary N) is 1. The Balaban J connectivity index is 1.90. The molecule has 1 heterocycles. The number of hydrogen-bond donors (Lipinski definition) is 1. The fraction of sp³-hybridized carbons (Fsp3) is 0.533. The summed E-state index contributed by atoms with van der Waals surface area (Å²) >= 11 is 5.98. The molecule has 1 saturated heterocycles. The maximum Gasteiger partial charge on any atom is 0.234 e. The number of nitrogens with zero attached hydrogens (tertiary/aromatic N) is 2. The minimum Gasteiger partial charge on any atom is -0.368 e. The average Bonchev–Trinajstić information content (AvgIpc) is 2.42. The number of rotatable bonds is 4. The van der Waals surface area contributed by atoms with Gasteiger partial charge in [0.1, 0.15) is 0 Å². The normalized spacial score (nSPS) is 18.9. The molecule has 2 rings (SSSR count). The Morgan fingerprint density at radius 3 is 2.55 bits per heavy atom. The minimum atomic E-state index is -0.244. The van der Waals surface area contributed by atoms with E-state index >= 15 is 0 Å². The molecule has 2 N–H and O–H groups in total. The molecule has 4 nitrogen and oxygen atoms in total. The molecule has 0 spiro atoms. The molecule has 110 valence electrons. The van der Waals surface area contributed by atoms with Gasteiger partial charge in [-0.25, -0.2) is 0 Å². The van der Waals surface area contributed by atoms with E-state index in [-0.39, 0.29) is 11.9 Å². The largest absolute Gasteiger partial charge is 0.368 e. The molecule has 1 aliphatic rings. The zero-order valence-electron chi connectivity index (χ0n) is 12.1. The van der Waals surface area contributed by atoms with Crippen molar-refractivity contribution in [3.63, 3.8) is 0 Å². The standard InChI is InChI=1S/C15H22ClN3O/c1-11-9-14(16)4-3-13(11)10-18-5-7-19(8-6-18)12(2)15(17)20/h3-4,9,12H,5-8,10H2,1-2H3,(H2,17,20)/t12-/m1/s1. The maximum atomic E-state index is 11.2. The number of carbonyl (C=O) groups is 1. The Hall–Kier alpha value is -1.10. The van der Waals surface area contributed by atoms with Gasteiger partial charge in [-0.15, -0.1) is 0 Å². The van der Waals surface area contributed by atoms with Crippen LogP contribution in [-0.2, 0) is 11.3 Å². The fourth-order valence-corrected chi connectivity index (χ4v) is 2.79. The molecule has 1 atom stereocenters. The monoisotopic (exact) mass is 295 g/mol. The topological polar surface area (TPSA) is 49.6 Å². The number of carbonyl (C=O) groups excluding carboxylic acids is 1. The van der Waals surface area contributed by atoms with E-state index in [1.807, 2.05) is 19.1 Å². The second-order valence-corrected chi connectivity index (χ2v) is 5.90. The number of benzene rings is 1. The van der Waals surface area contributed by atoms with Crippen LogP contribution in [0.4, 0.5) is 0 Å². The SMILES string of the molecule is Cc1cc(Cl)ccc1CN1CCN([C@H](C)C(N)=O)CC1. The highest BCUT2D eigenvalue weighted by Gasteiger charge is 2.24. The van der Waals surface area contributed by atoms with E-state index in [0.717, 1.165) is 37.7 Å². The molecule has 1 aliphatic heterocycles. The summed E-state index contributed by atoms with van der Waals surface area (Å²) in [6.07, 6.45) is 0. The Kier molecular flexibility index (Phi) is 5.02. The molecule has 0 aromatic heterocycles. The Morgan fingerprint density at radius 1 is 1.35 bits per heavy atom. The van der Waals surface area contributed by atoms with Crippen LogP contribution in [0.15, 0.2) is 18.2 Å². The lowest BCUT2D eigenvalue weighted by Gasteiger charge is -2.37. The summed E-state index contributed by atoms with van der Waals surface area (Å²) in [4.78, 5) is 15.8. The Labute approximate surface area is 125 Å². The fourth-order valence-electron chi connectivity index (χ4n) is 2.57. The van der Waals surface area contributed by atoms with Crippen LogP contribution in [0.25, 0.3) is 0 Å². The molecule has 5 heteroatoms. The van der Waals surface area contributed by atoms with Crippen molar-refractivity contribution in [1.82, 2.24) is 9.80 Å². The third kappa shape index (κ3) is 3.72. The summed E-state index contributed by atoms with van der Waals surface area (Å²) in [5.74, 6) is -0.244. The first-order valence-corrected chi connectivity index (χ1v) is 7.36. The van der Waals surface area contributed by atoms with Crippen LogP contribution in [0.2, 0.25) is 5.02 Å². The van der Waals surface area contributed by atoms with Gasteiger partial charge < -0.3 is 5.73 Å². The highest BCUT2D eigenvalue weighted by Crippen LogP contribution is 2.18. The van der Waals surface area contributed by atoms with E-state index in [2.05, 4.69) is 22.8 Å². The second-order valence-electron chi connectivity index (χ2n) is 5.46. The number of aryl methyl sites for hydroxylation is 1. The third-order valence-corrected chi connectivity index (χ3v) is 4.30. The summed E-state index contributed by atoms with van der Waals surface area (Å²) in [7, 11) is 0. The van der Waals surface area contributed by atoms with Gasteiger partial charge >= 0.3 is 0 Å². The van der Waals surface area contributed by atoms with Crippen LogP contribution in [0, 0.1) is 6.92 Å². The summed E-state index contributed by atoms with van der Waals surface area (Å²) in [5, 5.41) is 0.784. The molecular formula is C15H22ClN3O. The maximum absolute atomic E-state index is 11.2. The predicted molar refractivity (Wildman–Crippen MR) is 81.7 cm³/mol. The molecule has 1 aromatic rings. The molecule has 0 aliphatic carbocycles. The minimum absolute atomic E-state index is 0.172. The number of halogens is 1. The lowest BCUT2D eigenvalue weighted by Crippen LogP contribution is -2.52. The number of amides is 1. The van der Waals surface area contributed by atoms with Gasteiger partial charge in [-0.3, -0.25) is 14.6 Å². The lowest BCUT2D eigenvalue weighted by atomic mass is 10.1. The lowest BCUT2D eigenvalue weighted by molar-refractivity contribution is -0.123. The molecule has 1 aromatic carbocycles. The van der Waals surface area contributed by atoms with Crippen molar-refractivity contribution in [3.8, 4) is 0 Å². The highest BCUT2D eigenvalue weighted by molar-refractivity contribution is 6.30. The van der Waals surface area contributed by atoms with Crippen molar-refractivity contribution >= 4 is 17.5 Å². The molecule has 0 saturated carbocycles. The van der Waals surface area contributed by atoms with Crippen LogP contribution in [0.3, 0.4) is 0 Å². The van der Waals surface area contributed by atoms with Gasteiger partial charge in [-0.2, -0.15) is 0 Å². The van der Waals surface area contributed by atoms with Gasteiger partial charge in [-0.1, -0.05) is 17.7 Å². The van der Waals surface area contributed by atoms with Crippen LogP contribution in [-0.4, -0.2) is 47.9 Å².